The van der Waals surface area contributed by atoms with Gasteiger partial charge >= 0.3 is 7.12 Å². The van der Waals surface area contributed by atoms with E-state index in [9.17, 15) is 0 Å². The molecule has 16 aromatic rings. The molecule has 1 aliphatic rings. The van der Waals surface area contributed by atoms with Crippen LogP contribution in [0.4, 0.5) is 0 Å². The molecule has 0 atom stereocenters. The number of fused-ring (bicyclic) bond motifs is 6. The van der Waals surface area contributed by atoms with Gasteiger partial charge in [-0.25, -0.2) is 29.9 Å². The maximum atomic E-state index is 6.15. The van der Waals surface area contributed by atoms with Crippen LogP contribution in [0.25, 0.3) is 145 Å². The van der Waals surface area contributed by atoms with E-state index >= 15 is 0 Å². The van der Waals surface area contributed by atoms with Crippen LogP contribution in [0.1, 0.15) is 27.7 Å². The Balaban J connectivity index is 0.000000127. The first-order valence-corrected chi connectivity index (χ1v) is 33.4. The zero-order chi connectivity index (χ0) is 66.6. The Morgan fingerprint density at radius 1 is 0.265 bits per heavy atom. The van der Waals surface area contributed by atoms with Crippen LogP contribution in [-0.4, -0.2) is 58.2 Å². The zero-order valence-electron chi connectivity index (χ0n) is 54.4. The lowest BCUT2D eigenvalue weighted by Crippen LogP contribution is -2.41. The van der Waals surface area contributed by atoms with Gasteiger partial charge in [-0.3, -0.25) is 9.97 Å². The molecule has 0 unspecified atom stereocenters. The first kappa shape index (κ1) is 62.6. The molecule has 0 saturated carbocycles. The zero-order valence-corrected chi connectivity index (χ0v) is 56.0. The Bertz CT molecular complexity index is 5520. The second-order valence-corrected chi connectivity index (χ2v) is 26.1. The third kappa shape index (κ3) is 13.4. The van der Waals surface area contributed by atoms with Crippen LogP contribution in [0.2, 0.25) is 0 Å². The number of benzene rings is 12. The maximum absolute atomic E-state index is 6.15. The summed E-state index contributed by atoms with van der Waals surface area (Å²) in [7, 11) is -0.325. The maximum Gasteiger partial charge on any atom is 0.494 e. The molecule has 0 radical (unpaired) electrons. The standard InChI is InChI=1S/C40H26N4.C27H18BrN3.C19H20BNO2/c1-3-8-27(9-4-1)28-14-17-31(18-15-28)39-42-38(30-10-5-2-6-11-30)43-40(44-39)35-13-7-12-32(25-35)33-20-21-36-34(24-33)19-16-29-22-23-41-26-37(29)36;28-24-13-7-12-23(18-24)27-30-25(21-10-5-2-6-11-21)29-26(31-27)22-16-14-20(15-17-22)19-8-3-1-4-9-19;1-18(2)19(3,4)23-20(22-18)15-7-8-16-14(11-15)6-5-13-9-10-21-12-17(13)16/h1-26H;1-18H;5-12H,1-4H3. The van der Waals surface area contributed by atoms with Gasteiger partial charge in [0.15, 0.2) is 34.9 Å². The van der Waals surface area contributed by atoms with Crippen LogP contribution < -0.4 is 5.46 Å². The van der Waals surface area contributed by atoms with E-state index in [4.69, 9.17) is 39.2 Å². The van der Waals surface area contributed by atoms with E-state index in [0.717, 1.165) is 71.0 Å². The predicted molar refractivity (Wildman–Crippen MR) is 404 cm³/mol. The second-order valence-electron chi connectivity index (χ2n) is 25.2. The van der Waals surface area contributed by atoms with Gasteiger partial charge in [0.25, 0.3) is 0 Å². The molecule has 0 bridgehead atoms. The van der Waals surface area contributed by atoms with Crippen LogP contribution >= 0.6 is 15.9 Å². The molecule has 0 N–H and O–H groups in total. The van der Waals surface area contributed by atoms with Gasteiger partial charge in [-0.1, -0.05) is 271 Å². The lowest BCUT2D eigenvalue weighted by Gasteiger charge is -2.32. The Labute approximate surface area is 578 Å². The minimum Gasteiger partial charge on any atom is -0.399 e. The van der Waals surface area contributed by atoms with Gasteiger partial charge in [0.05, 0.1) is 11.2 Å². The summed E-state index contributed by atoms with van der Waals surface area (Å²) in [5.41, 5.74) is 13.0. The summed E-state index contributed by atoms with van der Waals surface area (Å²) in [6.07, 6.45) is 7.53. The van der Waals surface area contributed by atoms with Crippen LogP contribution in [0.5, 0.6) is 0 Å². The van der Waals surface area contributed by atoms with Crippen molar-refractivity contribution in [2.75, 3.05) is 0 Å². The molecule has 17 rings (SSSR count). The molecule has 0 amide bonds. The number of nitrogens with zero attached hydrogens (tertiary/aromatic N) is 8. The molecule has 4 aromatic heterocycles. The number of rotatable bonds is 10. The van der Waals surface area contributed by atoms with E-state index in [1.54, 1.807) is 0 Å². The molecular formula is C86H64BBrN8O2. The van der Waals surface area contributed by atoms with Crippen molar-refractivity contribution in [2.45, 2.75) is 38.9 Å². The normalized spacial score (nSPS) is 13.0. The van der Waals surface area contributed by atoms with Crippen LogP contribution in [0.3, 0.4) is 0 Å². The monoisotopic (exact) mass is 1330 g/mol. The summed E-state index contributed by atoms with van der Waals surface area (Å²) < 4.78 is 13.3. The van der Waals surface area contributed by atoms with Gasteiger partial charge in [-0.2, -0.15) is 0 Å². The van der Waals surface area contributed by atoms with Gasteiger partial charge in [0.2, 0.25) is 0 Å². The molecule has 1 saturated heterocycles. The van der Waals surface area contributed by atoms with Crippen molar-refractivity contribution in [2.24, 2.45) is 0 Å². The first-order chi connectivity index (χ1) is 47.9. The van der Waals surface area contributed by atoms with Crippen molar-refractivity contribution in [1.29, 1.82) is 0 Å². The van der Waals surface area contributed by atoms with Crippen LogP contribution in [-0.2, 0) is 9.31 Å². The summed E-state index contributed by atoms with van der Waals surface area (Å²) in [5.74, 6) is 3.90. The fraction of sp³-hybridized carbons (Fsp3) is 0.0698. The summed E-state index contributed by atoms with van der Waals surface area (Å²) in [5, 5.41) is 9.49. The van der Waals surface area contributed by atoms with E-state index in [-0.39, 0.29) is 18.3 Å². The third-order valence-corrected chi connectivity index (χ3v) is 18.7. The highest BCUT2D eigenvalue weighted by molar-refractivity contribution is 9.10. The lowest BCUT2D eigenvalue weighted by atomic mass is 9.78. The number of hydrogen-bond acceptors (Lipinski definition) is 10. The van der Waals surface area contributed by atoms with E-state index < -0.39 is 0 Å². The van der Waals surface area contributed by atoms with E-state index in [2.05, 4.69) is 230 Å². The molecule has 5 heterocycles. The molecular weight excluding hydrogens is 1270 g/mol. The Hall–Kier alpha value is -11.5. The second kappa shape index (κ2) is 27.3. The minimum atomic E-state index is -0.325. The minimum absolute atomic E-state index is 0.320. The summed E-state index contributed by atoms with van der Waals surface area (Å²) in [4.78, 5) is 37.8. The largest absolute Gasteiger partial charge is 0.494 e. The molecule has 0 spiro atoms. The van der Waals surface area contributed by atoms with Gasteiger partial charge in [-0.05, 0) is 135 Å². The molecule has 12 aromatic carbocycles. The SMILES string of the molecule is Brc1cccc(-c2nc(-c3ccccc3)nc(-c3ccc(-c4ccccc4)cc3)n2)c1.CC1(C)OB(c2ccc3c(ccc4ccncc43)c2)OC1(C)C.c1ccc(-c2ccc(-c3nc(-c4ccccc4)nc(-c4cccc(-c5ccc6c(ccc7ccncc76)c5)c4)n3)cc2)cc1. The Morgan fingerprint density at radius 3 is 1.05 bits per heavy atom. The molecule has 98 heavy (non-hydrogen) atoms. The topological polar surface area (TPSA) is 122 Å². The average molecular weight is 1330 g/mol. The molecule has 1 fully saturated rings. The van der Waals surface area contributed by atoms with Gasteiger partial charge in [0.1, 0.15) is 0 Å². The number of aromatic nitrogens is 8. The molecule has 0 aliphatic carbocycles. The van der Waals surface area contributed by atoms with Crippen LogP contribution in [0, 0.1) is 0 Å². The van der Waals surface area contributed by atoms with Gasteiger partial charge in [-0.15, -0.1) is 0 Å². The van der Waals surface area contributed by atoms with Crippen molar-refractivity contribution < 1.29 is 9.31 Å². The van der Waals surface area contributed by atoms with Crippen LogP contribution in [0.15, 0.2) is 320 Å². The molecule has 10 nitrogen and oxygen atoms in total. The summed E-state index contributed by atoms with van der Waals surface area (Å²) >= 11 is 3.55. The third-order valence-electron chi connectivity index (χ3n) is 18.2. The Morgan fingerprint density at radius 2 is 0.592 bits per heavy atom. The quantitative estimate of drug-likeness (QED) is 0.0966. The predicted octanol–water partition coefficient (Wildman–Crippen LogP) is 20.9. The van der Waals surface area contributed by atoms with Crippen molar-refractivity contribution in [3.8, 4) is 102 Å². The smallest absolute Gasteiger partial charge is 0.399 e. The van der Waals surface area contributed by atoms with Gasteiger partial charge in [0, 0.05) is 73.4 Å². The molecule has 470 valence electrons. The molecule has 1 aliphatic heterocycles. The first-order valence-electron chi connectivity index (χ1n) is 32.6. The highest BCUT2D eigenvalue weighted by atomic mass is 79.9. The fourth-order valence-electron chi connectivity index (χ4n) is 12.2. The fourth-order valence-corrected chi connectivity index (χ4v) is 12.6. The Kier molecular flexibility index (Phi) is 17.4. The molecule has 12 heteroatoms. The highest BCUT2D eigenvalue weighted by Gasteiger charge is 2.51. The number of hydrogen-bond donors (Lipinski definition) is 0. The number of pyridine rings is 2. The lowest BCUT2D eigenvalue weighted by molar-refractivity contribution is 0.00578. The summed E-state index contributed by atoms with van der Waals surface area (Å²) in [6.45, 7) is 8.31. The van der Waals surface area contributed by atoms with Crippen molar-refractivity contribution >= 4 is 71.6 Å². The highest BCUT2D eigenvalue weighted by Crippen LogP contribution is 2.38. The van der Waals surface area contributed by atoms with Crippen molar-refractivity contribution in [3.63, 3.8) is 0 Å². The average Bonchev–Trinajstić information content (AvgIpc) is 1.48. The summed E-state index contributed by atoms with van der Waals surface area (Å²) in [6, 6.07) is 99.7. The number of halogens is 1. The van der Waals surface area contributed by atoms with E-state index in [1.165, 1.54) is 48.8 Å². The van der Waals surface area contributed by atoms with Crippen molar-refractivity contribution in [3.05, 3.63) is 320 Å². The van der Waals surface area contributed by atoms with E-state index in [0.29, 0.717) is 34.9 Å². The van der Waals surface area contributed by atoms with Crippen molar-refractivity contribution in [1.82, 2.24) is 39.9 Å². The van der Waals surface area contributed by atoms with E-state index in [1.807, 2.05) is 140 Å². The van der Waals surface area contributed by atoms with Gasteiger partial charge < -0.3 is 9.31 Å².